The summed E-state index contributed by atoms with van der Waals surface area (Å²) in [7, 11) is 0. The van der Waals surface area contributed by atoms with E-state index in [1.165, 1.54) is 6.33 Å². The molecule has 0 atom stereocenters. The maximum Gasteiger partial charge on any atom is 0.321 e. The Morgan fingerprint density at radius 1 is 1.40 bits per heavy atom. The Morgan fingerprint density at radius 2 is 2.15 bits per heavy atom. The largest absolute Gasteiger partial charge is 0.465 e. The number of rotatable bonds is 6. The molecule has 2 aromatic rings. The minimum atomic E-state index is -0.915. The third-order valence-electron chi connectivity index (χ3n) is 3.34. The molecule has 108 valence electrons. The van der Waals surface area contributed by atoms with Crippen molar-refractivity contribution in [2.75, 3.05) is 6.61 Å². The van der Waals surface area contributed by atoms with E-state index in [2.05, 4.69) is 25.3 Å². The Balaban J connectivity index is 2.37. The molecule has 8 nitrogen and oxygen atoms in total. The molecule has 1 N–H and O–H groups in total. The zero-order valence-electron chi connectivity index (χ0n) is 11.7. The van der Waals surface area contributed by atoms with Crippen LogP contribution in [0.15, 0.2) is 10.9 Å². The van der Waals surface area contributed by atoms with Crippen molar-refractivity contribution < 1.29 is 14.1 Å². The number of hydrogen-bond acceptors (Lipinski definition) is 7. The molecule has 0 bridgehead atoms. The van der Waals surface area contributed by atoms with Crippen molar-refractivity contribution in [2.24, 2.45) is 0 Å². The first kappa shape index (κ1) is 14.2. The lowest BCUT2D eigenvalue weighted by molar-refractivity contribution is -0.151. The van der Waals surface area contributed by atoms with Gasteiger partial charge >= 0.3 is 5.97 Å². The number of carbonyl (C=O) groups is 1. The van der Waals surface area contributed by atoms with Crippen LogP contribution in [0, 0.1) is 0 Å². The van der Waals surface area contributed by atoms with Gasteiger partial charge in [0.15, 0.2) is 5.82 Å². The topological polar surface area (TPSA) is 107 Å². The van der Waals surface area contributed by atoms with Crippen LogP contribution in [0.2, 0.25) is 0 Å². The van der Waals surface area contributed by atoms with E-state index in [0.717, 1.165) is 0 Å². The minimum absolute atomic E-state index is 0.243. The fraction of sp³-hybridized carbons (Fsp3) is 0.583. The van der Waals surface area contributed by atoms with E-state index in [9.17, 15) is 4.79 Å². The molecule has 0 unspecified atom stereocenters. The molecule has 0 aliphatic carbocycles. The molecule has 0 radical (unpaired) electrons. The van der Waals surface area contributed by atoms with Crippen molar-refractivity contribution in [3.05, 3.63) is 12.2 Å². The Bertz CT molecular complexity index is 559. The predicted molar refractivity (Wildman–Crippen MR) is 68.6 cm³/mol. The van der Waals surface area contributed by atoms with Gasteiger partial charge in [0.2, 0.25) is 11.7 Å². The lowest BCUT2D eigenvalue weighted by Gasteiger charge is -2.24. The average Bonchev–Trinajstić information content (AvgIpc) is 3.12. The van der Waals surface area contributed by atoms with Crippen molar-refractivity contribution in [1.82, 2.24) is 25.3 Å². The third-order valence-corrected chi connectivity index (χ3v) is 3.34. The first-order valence-corrected chi connectivity index (χ1v) is 6.55. The summed E-state index contributed by atoms with van der Waals surface area (Å²) in [6.07, 6.45) is 2.38. The summed E-state index contributed by atoms with van der Waals surface area (Å²) in [6, 6.07) is 0. The lowest BCUT2D eigenvalue weighted by atomic mass is 9.82. The van der Waals surface area contributed by atoms with Gasteiger partial charge in [0.25, 0.3) is 0 Å². The Morgan fingerprint density at radius 3 is 2.70 bits per heavy atom. The van der Waals surface area contributed by atoms with Crippen LogP contribution in [0.5, 0.6) is 0 Å². The summed E-state index contributed by atoms with van der Waals surface area (Å²) < 4.78 is 10.4. The molecule has 0 aliphatic heterocycles. The van der Waals surface area contributed by atoms with Gasteiger partial charge in [0.05, 0.1) is 6.61 Å². The SMILES string of the molecule is CCOC(=O)C(CC)(CC)c1nc(-c2ncn[nH]2)no1. The highest BCUT2D eigenvalue weighted by Gasteiger charge is 2.44. The average molecular weight is 279 g/mol. The van der Waals surface area contributed by atoms with Crippen LogP contribution in [0.3, 0.4) is 0 Å². The van der Waals surface area contributed by atoms with E-state index in [4.69, 9.17) is 9.26 Å². The lowest BCUT2D eigenvalue weighted by Crippen LogP contribution is -2.36. The molecule has 0 amide bonds. The van der Waals surface area contributed by atoms with E-state index in [1.54, 1.807) is 6.92 Å². The zero-order valence-corrected chi connectivity index (χ0v) is 11.7. The first-order chi connectivity index (χ1) is 9.67. The molecule has 2 heterocycles. The number of H-pyrrole nitrogens is 1. The first-order valence-electron chi connectivity index (χ1n) is 6.55. The molecule has 2 aromatic heterocycles. The monoisotopic (exact) mass is 279 g/mol. The number of aromatic nitrogens is 5. The van der Waals surface area contributed by atoms with Gasteiger partial charge in [0.1, 0.15) is 11.7 Å². The maximum atomic E-state index is 12.2. The summed E-state index contributed by atoms with van der Waals surface area (Å²) in [5.74, 6) is 0.558. The van der Waals surface area contributed by atoms with Crippen molar-refractivity contribution >= 4 is 5.97 Å². The zero-order chi connectivity index (χ0) is 14.6. The van der Waals surface area contributed by atoms with Gasteiger partial charge in [-0.2, -0.15) is 10.1 Å². The molecule has 0 aromatic carbocycles. The van der Waals surface area contributed by atoms with Crippen LogP contribution < -0.4 is 0 Å². The Hall–Kier alpha value is -2.25. The molecular formula is C12H17N5O3. The van der Waals surface area contributed by atoms with E-state index in [0.29, 0.717) is 25.3 Å². The van der Waals surface area contributed by atoms with Crippen LogP contribution in [-0.2, 0) is 14.9 Å². The van der Waals surface area contributed by atoms with Crippen molar-refractivity contribution in [1.29, 1.82) is 0 Å². The standard InChI is InChI=1S/C12H17N5O3/c1-4-12(5-2,11(18)19-6-3)10-15-9(17-20-10)8-13-7-14-16-8/h7H,4-6H2,1-3H3,(H,13,14,16). The van der Waals surface area contributed by atoms with Gasteiger partial charge < -0.3 is 9.26 Å². The van der Waals surface area contributed by atoms with Crippen molar-refractivity contribution in [2.45, 2.75) is 39.0 Å². The number of nitrogens with one attached hydrogen (secondary N) is 1. The van der Waals surface area contributed by atoms with Crippen molar-refractivity contribution in [3.63, 3.8) is 0 Å². The number of hydrogen-bond donors (Lipinski definition) is 1. The van der Waals surface area contributed by atoms with E-state index < -0.39 is 5.41 Å². The van der Waals surface area contributed by atoms with Crippen LogP contribution in [0.1, 0.15) is 39.5 Å². The molecule has 0 spiro atoms. The third kappa shape index (κ3) is 2.28. The molecule has 0 saturated heterocycles. The number of esters is 1. The van der Waals surface area contributed by atoms with Crippen molar-refractivity contribution in [3.8, 4) is 11.6 Å². The maximum absolute atomic E-state index is 12.2. The van der Waals surface area contributed by atoms with Crippen LogP contribution >= 0.6 is 0 Å². The fourth-order valence-corrected chi connectivity index (χ4v) is 2.02. The fourth-order valence-electron chi connectivity index (χ4n) is 2.02. The molecule has 0 fully saturated rings. The number of nitrogens with zero attached hydrogens (tertiary/aromatic N) is 4. The van der Waals surface area contributed by atoms with Gasteiger partial charge in [-0.3, -0.25) is 9.89 Å². The summed E-state index contributed by atoms with van der Waals surface area (Å²) in [5, 5.41) is 10.2. The molecule has 20 heavy (non-hydrogen) atoms. The minimum Gasteiger partial charge on any atom is -0.465 e. The second-order valence-corrected chi connectivity index (χ2v) is 4.27. The summed E-state index contributed by atoms with van der Waals surface area (Å²) in [5.41, 5.74) is -0.915. The smallest absolute Gasteiger partial charge is 0.321 e. The highest BCUT2D eigenvalue weighted by molar-refractivity contribution is 5.81. The van der Waals surface area contributed by atoms with Gasteiger partial charge in [-0.25, -0.2) is 4.98 Å². The highest BCUT2D eigenvalue weighted by atomic mass is 16.5. The van der Waals surface area contributed by atoms with Gasteiger partial charge in [-0.1, -0.05) is 19.0 Å². The van der Waals surface area contributed by atoms with Crippen LogP contribution in [-0.4, -0.2) is 37.9 Å². The predicted octanol–water partition coefficient (Wildman–Crippen LogP) is 1.48. The molecule has 0 saturated carbocycles. The summed E-state index contributed by atoms with van der Waals surface area (Å²) in [4.78, 5) is 20.4. The number of ether oxygens (including phenoxy) is 1. The summed E-state index contributed by atoms with van der Waals surface area (Å²) in [6.45, 7) is 5.85. The molecular weight excluding hydrogens is 262 g/mol. The molecule has 0 aliphatic rings. The quantitative estimate of drug-likeness (QED) is 0.798. The number of carbonyl (C=O) groups excluding carboxylic acids is 1. The van der Waals surface area contributed by atoms with Gasteiger partial charge in [-0.15, -0.1) is 0 Å². The second-order valence-electron chi connectivity index (χ2n) is 4.27. The molecule has 8 heteroatoms. The van der Waals surface area contributed by atoms with Crippen LogP contribution in [0.4, 0.5) is 0 Å². The normalized spacial score (nSPS) is 11.6. The Kier molecular flexibility index (Phi) is 4.11. The molecule has 2 rings (SSSR count). The number of aromatic amines is 1. The van der Waals surface area contributed by atoms with E-state index in [1.807, 2.05) is 13.8 Å². The second kappa shape index (κ2) is 5.81. The van der Waals surface area contributed by atoms with Gasteiger partial charge in [-0.05, 0) is 19.8 Å². The van der Waals surface area contributed by atoms with Gasteiger partial charge in [0, 0.05) is 0 Å². The summed E-state index contributed by atoms with van der Waals surface area (Å²) >= 11 is 0. The van der Waals surface area contributed by atoms with E-state index in [-0.39, 0.29) is 17.7 Å². The van der Waals surface area contributed by atoms with Crippen LogP contribution in [0.25, 0.3) is 11.6 Å². The Labute approximate surface area is 115 Å². The van der Waals surface area contributed by atoms with E-state index >= 15 is 0 Å². The highest BCUT2D eigenvalue weighted by Crippen LogP contribution is 2.32.